The van der Waals surface area contributed by atoms with Gasteiger partial charge in [0.25, 0.3) is 0 Å². The van der Waals surface area contributed by atoms with E-state index in [-0.39, 0.29) is 12.9 Å². The molecule has 7 heteroatoms. The molecule has 0 aliphatic carbocycles. The number of nitrogens with zero attached hydrogens (tertiary/aromatic N) is 1. The molecule has 0 unspecified atom stereocenters. The molecule has 2 aliphatic heterocycles. The molecule has 0 aromatic heterocycles. The van der Waals surface area contributed by atoms with Crippen LogP contribution in [0.5, 0.6) is 11.5 Å². The molecule has 0 radical (unpaired) electrons. The maximum Gasteiger partial charge on any atom is 0.231 e. The minimum atomic E-state index is 0.249. The van der Waals surface area contributed by atoms with Crippen LogP contribution in [0.15, 0.2) is 23.3 Å². The summed E-state index contributed by atoms with van der Waals surface area (Å²) in [5.41, 5.74) is 4.63. The normalized spacial score (nSPS) is 20.0. The van der Waals surface area contributed by atoms with E-state index >= 15 is 0 Å². The Morgan fingerprint density at radius 3 is 3.05 bits per heavy atom. The maximum absolute atomic E-state index is 5.53. The van der Waals surface area contributed by atoms with Crippen LogP contribution in [-0.2, 0) is 4.74 Å². The summed E-state index contributed by atoms with van der Waals surface area (Å²) in [6.07, 6.45) is 2.45. The molecule has 0 saturated carbocycles. The second-order valence-electron chi connectivity index (χ2n) is 5.22. The Balaban J connectivity index is 1.51. The largest absolute Gasteiger partial charge is 0.454 e. The molecule has 1 fully saturated rings. The van der Waals surface area contributed by atoms with Crippen LogP contribution in [0, 0.1) is 0 Å². The summed E-state index contributed by atoms with van der Waals surface area (Å²) in [4.78, 5) is 0. The van der Waals surface area contributed by atoms with Crippen LogP contribution < -0.4 is 20.2 Å². The average molecular weight is 321 g/mol. The summed E-state index contributed by atoms with van der Waals surface area (Å²) in [5, 5.41) is 7.90. The van der Waals surface area contributed by atoms with E-state index in [9.17, 15) is 0 Å². The zero-order valence-electron chi connectivity index (χ0n) is 12.4. The SMILES string of the molecule is C/C(=N\NC(=S)NC[C@H]1CCCO1)c1ccc2c(c1)OCO2. The van der Waals surface area contributed by atoms with E-state index in [0.717, 1.165) is 42.2 Å². The van der Waals surface area contributed by atoms with Gasteiger partial charge in [-0.15, -0.1) is 0 Å². The van der Waals surface area contributed by atoms with Crippen LogP contribution in [0.3, 0.4) is 0 Å². The number of ether oxygens (including phenoxy) is 3. The summed E-state index contributed by atoms with van der Waals surface area (Å²) in [7, 11) is 0. The Morgan fingerprint density at radius 1 is 1.36 bits per heavy atom. The predicted molar refractivity (Wildman–Crippen MR) is 87.5 cm³/mol. The maximum atomic E-state index is 5.53. The number of hydrogen-bond acceptors (Lipinski definition) is 5. The van der Waals surface area contributed by atoms with Crippen LogP contribution in [0.25, 0.3) is 0 Å². The average Bonchev–Trinajstić information content (AvgIpc) is 3.20. The molecule has 1 aromatic carbocycles. The quantitative estimate of drug-likeness (QED) is 0.501. The van der Waals surface area contributed by atoms with Crippen molar-refractivity contribution in [2.45, 2.75) is 25.9 Å². The summed E-state index contributed by atoms with van der Waals surface area (Å²) < 4.78 is 16.2. The lowest BCUT2D eigenvalue weighted by molar-refractivity contribution is 0.114. The third-order valence-electron chi connectivity index (χ3n) is 3.63. The van der Waals surface area contributed by atoms with Gasteiger partial charge < -0.3 is 19.5 Å². The fourth-order valence-electron chi connectivity index (χ4n) is 2.37. The van der Waals surface area contributed by atoms with E-state index in [1.165, 1.54) is 0 Å². The molecule has 1 saturated heterocycles. The Morgan fingerprint density at radius 2 is 2.23 bits per heavy atom. The van der Waals surface area contributed by atoms with Crippen LogP contribution in [0.2, 0.25) is 0 Å². The Kier molecular flexibility index (Phi) is 4.74. The van der Waals surface area contributed by atoms with Crippen LogP contribution in [0.1, 0.15) is 25.3 Å². The van der Waals surface area contributed by atoms with Gasteiger partial charge >= 0.3 is 0 Å². The van der Waals surface area contributed by atoms with Crippen molar-refractivity contribution < 1.29 is 14.2 Å². The highest BCUT2D eigenvalue weighted by atomic mass is 32.1. The number of fused-ring (bicyclic) bond motifs is 1. The van der Waals surface area contributed by atoms with Crippen molar-refractivity contribution >= 4 is 23.0 Å². The van der Waals surface area contributed by atoms with Gasteiger partial charge in [-0.1, -0.05) is 0 Å². The van der Waals surface area contributed by atoms with Crippen LogP contribution in [-0.4, -0.2) is 36.9 Å². The second kappa shape index (κ2) is 6.93. The first-order valence-electron chi connectivity index (χ1n) is 7.32. The van der Waals surface area contributed by atoms with Gasteiger partial charge in [0.05, 0.1) is 11.8 Å². The van der Waals surface area contributed by atoms with Crippen molar-refractivity contribution in [3.63, 3.8) is 0 Å². The molecule has 2 N–H and O–H groups in total. The molecule has 1 atom stereocenters. The molecule has 0 spiro atoms. The van der Waals surface area contributed by atoms with E-state index in [1.54, 1.807) is 0 Å². The molecule has 1 aromatic rings. The number of hydrogen-bond donors (Lipinski definition) is 2. The zero-order valence-corrected chi connectivity index (χ0v) is 13.2. The molecular weight excluding hydrogens is 302 g/mol. The van der Waals surface area contributed by atoms with Gasteiger partial charge in [-0.2, -0.15) is 5.10 Å². The lowest BCUT2D eigenvalue weighted by Gasteiger charge is -2.12. The van der Waals surface area contributed by atoms with Crippen molar-refractivity contribution in [1.82, 2.24) is 10.7 Å². The molecule has 2 aliphatic rings. The predicted octanol–water partition coefficient (Wildman–Crippen LogP) is 1.78. The molecule has 3 rings (SSSR count). The highest BCUT2D eigenvalue weighted by Crippen LogP contribution is 2.32. The second-order valence-corrected chi connectivity index (χ2v) is 5.63. The van der Waals surface area contributed by atoms with Crippen molar-refractivity contribution in [2.75, 3.05) is 19.9 Å². The van der Waals surface area contributed by atoms with E-state index in [1.807, 2.05) is 25.1 Å². The molecule has 0 bridgehead atoms. The van der Waals surface area contributed by atoms with Gasteiger partial charge in [0.1, 0.15) is 0 Å². The van der Waals surface area contributed by atoms with Crippen molar-refractivity contribution in [1.29, 1.82) is 0 Å². The van der Waals surface area contributed by atoms with Crippen molar-refractivity contribution in [3.8, 4) is 11.5 Å². The number of rotatable bonds is 4. The lowest BCUT2D eigenvalue weighted by atomic mass is 10.1. The Bertz CT molecular complexity index is 585. The van der Waals surface area contributed by atoms with E-state index in [2.05, 4.69) is 15.8 Å². The first-order valence-corrected chi connectivity index (χ1v) is 7.73. The minimum absolute atomic E-state index is 0.249. The first kappa shape index (κ1) is 15.1. The first-order chi connectivity index (χ1) is 10.7. The van der Waals surface area contributed by atoms with E-state index in [0.29, 0.717) is 11.7 Å². The molecule has 118 valence electrons. The molecule has 0 amide bonds. The summed E-state index contributed by atoms with van der Waals surface area (Å²) in [6, 6.07) is 5.73. The zero-order chi connectivity index (χ0) is 15.4. The Hall–Kier alpha value is -1.86. The monoisotopic (exact) mass is 321 g/mol. The van der Waals surface area contributed by atoms with Crippen molar-refractivity contribution in [2.24, 2.45) is 5.10 Å². The summed E-state index contributed by atoms with van der Waals surface area (Å²) >= 11 is 5.21. The van der Waals surface area contributed by atoms with Gasteiger partial charge in [0.2, 0.25) is 6.79 Å². The van der Waals surface area contributed by atoms with Crippen molar-refractivity contribution in [3.05, 3.63) is 23.8 Å². The number of hydrazone groups is 1. The molecule has 2 heterocycles. The number of thiocarbonyl (C=S) groups is 1. The van der Waals surface area contributed by atoms with Crippen LogP contribution >= 0.6 is 12.2 Å². The Labute approximate surface area is 134 Å². The molecule has 22 heavy (non-hydrogen) atoms. The fraction of sp³-hybridized carbons (Fsp3) is 0.467. The van der Waals surface area contributed by atoms with Gasteiger partial charge in [0.15, 0.2) is 16.6 Å². The highest BCUT2D eigenvalue weighted by Gasteiger charge is 2.15. The lowest BCUT2D eigenvalue weighted by Crippen LogP contribution is -2.37. The third kappa shape index (κ3) is 3.66. The molecular formula is C15H19N3O3S. The van der Waals surface area contributed by atoms with E-state index in [4.69, 9.17) is 26.4 Å². The summed E-state index contributed by atoms with van der Waals surface area (Å²) in [5.74, 6) is 1.50. The number of benzene rings is 1. The standard InChI is InChI=1S/C15H19N3O3S/c1-10(11-4-5-13-14(7-11)21-9-20-13)17-18-15(22)16-8-12-3-2-6-19-12/h4-5,7,12H,2-3,6,8-9H2,1H3,(H2,16,18,22)/b17-10+/t12-/m1/s1. The highest BCUT2D eigenvalue weighted by molar-refractivity contribution is 7.80. The van der Waals surface area contributed by atoms with E-state index < -0.39 is 0 Å². The molecule has 6 nitrogen and oxygen atoms in total. The topological polar surface area (TPSA) is 64.1 Å². The van der Waals surface area contributed by atoms with Gasteiger partial charge in [-0.05, 0) is 50.2 Å². The third-order valence-corrected chi connectivity index (χ3v) is 3.87. The van der Waals surface area contributed by atoms with Gasteiger partial charge in [-0.3, -0.25) is 5.43 Å². The van der Waals surface area contributed by atoms with Crippen LogP contribution in [0.4, 0.5) is 0 Å². The fourth-order valence-corrected chi connectivity index (χ4v) is 2.50. The van der Waals surface area contributed by atoms with Gasteiger partial charge in [0, 0.05) is 18.7 Å². The smallest absolute Gasteiger partial charge is 0.231 e. The summed E-state index contributed by atoms with van der Waals surface area (Å²) in [6.45, 7) is 3.73. The van der Waals surface area contributed by atoms with Gasteiger partial charge in [-0.25, -0.2) is 0 Å². The minimum Gasteiger partial charge on any atom is -0.454 e. The number of nitrogens with one attached hydrogen (secondary N) is 2.